The number of alkyl carbamates (subject to hydrolysis) is 1. The SMILES string of the molecule is Cc1cc(NC(=O)[C@H](NC(=O)OC(C)(C)C)C(C)(C)F)ccc1-c1ccnc2c1cc(C)n2S(=O)(=O)c1ccccc1. The van der Waals surface area contributed by atoms with E-state index in [2.05, 4.69) is 15.6 Å². The Morgan fingerprint density at radius 1 is 0.952 bits per heavy atom. The van der Waals surface area contributed by atoms with E-state index in [1.165, 1.54) is 17.8 Å². The molecule has 0 saturated heterocycles. The van der Waals surface area contributed by atoms with Crippen LogP contribution in [0.3, 0.4) is 0 Å². The Morgan fingerprint density at radius 2 is 1.62 bits per heavy atom. The van der Waals surface area contributed by atoms with Crippen LogP contribution in [0.25, 0.3) is 22.2 Å². The molecule has 42 heavy (non-hydrogen) atoms. The molecule has 2 aromatic heterocycles. The lowest BCUT2D eigenvalue weighted by atomic mass is 9.97. The Balaban J connectivity index is 1.65. The Morgan fingerprint density at radius 3 is 2.21 bits per heavy atom. The molecular weight excluding hydrogens is 559 g/mol. The molecule has 0 radical (unpaired) electrons. The summed E-state index contributed by atoms with van der Waals surface area (Å²) in [5, 5.41) is 5.66. The number of amides is 2. The summed E-state index contributed by atoms with van der Waals surface area (Å²) in [5.74, 6) is -0.745. The largest absolute Gasteiger partial charge is 0.444 e. The molecule has 4 aromatic rings. The number of carbonyl (C=O) groups is 2. The van der Waals surface area contributed by atoms with Gasteiger partial charge in [0.15, 0.2) is 5.65 Å². The summed E-state index contributed by atoms with van der Waals surface area (Å²) >= 11 is 0. The number of anilines is 1. The van der Waals surface area contributed by atoms with Gasteiger partial charge in [-0.15, -0.1) is 0 Å². The fourth-order valence-electron chi connectivity index (χ4n) is 4.67. The van der Waals surface area contributed by atoms with Crippen molar-refractivity contribution in [2.24, 2.45) is 0 Å². The predicted molar refractivity (Wildman–Crippen MR) is 161 cm³/mol. The third-order valence-corrected chi connectivity index (χ3v) is 8.32. The van der Waals surface area contributed by atoms with Crippen LogP contribution in [0.1, 0.15) is 45.9 Å². The van der Waals surface area contributed by atoms with Gasteiger partial charge in [-0.3, -0.25) is 4.79 Å². The van der Waals surface area contributed by atoms with Crippen LogP contribution >= 0.6 is 0 Å². The van der Waals surface area contributed by atoms with Crippen LogP contribution in [-0.4, -0.2) is 46.7 Å². The Bertz CT molecular complexity index is 1750. The molecule has 0 aliphatic heterocycles. The summed E-state index contributed by atoms with van der Waals surface area (Å²) in [6.07, 6.45) is 0.651. The van der Waals surface area contributed by atoms with Crippen molar-refractivity contribution in [3.8, 4) is 11.1 Å². The van der Waals surface area contributed by atoms with Crippen molar-refractivity contribution in [2.45, 2.75) is 70.7 Å². The fourth-order valence-corrected chi connectivity index (χ4v) is 6.19. The average molecular weight is 595 g/mol. The molecule has 0 bridgehead atoms. The maximum absolute atomic E-state index is 15.0. The maximum Gasteiger partial charge on any atom is 0.408 e. The summed E-state index contributed by atoms with van der Waals surface area (Å²) in [7, 11) is -3.88. The first kappa shape index (κ1) is 30.7. The predicted octanol–water partition coefficient (Wildman–Crippen LogP) is 6.14. The van der Waals surface area contributed by atoms with Crippen LogP contribution in [0.5, 0.6) is 0 Å². The average Bonchev–Trinajstić information content (AvgIpc) is 3.23. The van der Waals surface area contributed by atoms with Gasteiger partial charge in [-0.1, -0.05) is 24.3 Å². The van der Waals surface area contributed by atoms with Gasteiger partial charge in [-0.05, 0) is 102 Å². The van der Waals surface area contributed by atoms with Crippen LogP contribution in [0.2, 0.25) is 0 Å². The normalized spacial score (nSPS) is 13.0. The first-order chi connectivity index (χ1) is 19.5. The monoisotopic (exact) mass is 594 g/mol. The Kier molecular flexibility index (Phi) is 8.19. The van der Waals surface area contributed by atoms with Crippen molar-refractivity contribution in [1.29, 1.82) is 0 Å². The van der Waals surface area contributed by atoms with Crippen LogP contribution in [0.15, 0.2) is 71.8 Å². The van der Waals surface area contributed by atoms with Crippen molar-refractivity contribution < 1.29 is 27.1 Å². The minimum Gasteiger partial charge on any atom is -0.444 e. The molecule has 9 nitrogen and oxygen atoms in total. The summed E-state index contributed by atoms with van der Waals surface area (Å²) in [4.78, 5) is 29.9. The molecule has 4 rings (SSSR count). The van der Waals surface area contributed by atoms with E-state index < -0.39 is 39.3 Å². The number of pyridine rings is 1. The molecule has 0 spiro atoms. The number of hydrogen-bond donors (Lipinski definition) is 2. The Hall–Kier alpha value is -4.25. The first-order valence-corrected chi connectivity index (χ1v) is 14.8. The van der Waals surface area contributed by atoms with Gasteiger partial charge >= 0.3 is 6.09 Å². The van der Waals surface area contributed by atoms with Gasteiger partial charge in [-0.2, -0.15) is 0 Å². The zero-order valence-electron chi connectivity index (χ0n) is 24.7. The molecule has 2 aromatic carbocycles. The van der Waals surface area contributed by atoms with Gasteiger partial charge in [0.1, 0.15) is 17.3 Å². The number of rotatable bonds is 7. The standard InChI is InChI=1S/C31H35FN4O5S/c1-19-17-21(34-28(37)26(31(6,7)32)35-29(38)41-30(3,4)5)13-14-23(19)24-15-16-33-27-25(24)18-20(2)36(27)42(39,40)22-11-9-8-10-12-22/h8-18,26H,1-7H3,(H,34,37)(H,35,38)/t26-/m0/s1. The molecule has 0 fully saturated rings. The van der Waals surface area contributed by atoms with Crippen LogP contribution in [0.4, 0.5) is 14.9 Å². The van der Waals surface area contributed by atoms with Crippen LogP contribution < -0.4 is 10.6 Å². The van der Waals surface area contributed by atoms with Crippen molar-refractivity contribution >= 4 is 38.7 Å². The van der Waals surface area contributed by atoms with Gasteiger partial charge in [0, 0.05) is 23.0 Å². The summed E-state index contributed by atoms with van der Waals surface area (Å²) < 4.78 is 48.3. The van der Waals surface area contributed by atoms with Crippen molar-refractivity contribution in [2.75, 3.05) is 5.32 Å². The molecule has 11 heteroatoms. The highest BCUT2D eigenvalue weighted by molar-refractivity contribution is 7.90. The van der Waals surface area contributed by atoms with E-state index in [0.717, 1.165) is 16.7 Å². The minimum atomic E-state index is -3.88. The maximum atomic E-state index is 15.0. The van der Waals surface area contributed by atoms with Crippen molar-refractivity contribution in [3.05, 3.63) is 78.1 Å². The van der Waals surface area contributed by atoms with Crippen molar-refractivity contribution in [1.82, 2.24) is 14.3 Å². The molecule has 0 aliphatic carbocycles. The number of fused-ring (bicyclic) bond motifs is 1. The van der Waals surface area contributed by atoms with Crippen LogP contribution in [-0.2, 0) is 19.6 Å². The van der Waals surface area contributed by atoms with Gasteiger partial charge in [0.25, 0.3) is 10.0 Å². The minimum absolute atomic E-state index is 0.157. The highest BCUT2D eigenvalue weighted by Crippen LogP contribution is 2.34. The second-order valence-corrected chi connectivity index (χ2v) is 13.4. The lowest BCUT2D eigenvalue weighted by Gasteiger charge is -2.28. The van der Waals surface area contributed by atoms with Gasteiger partial charge < -0.3 is 15.4 Å². The number of benzene rings is 2. The summed E-state index contributed by atoms with van der Waals surface area (Å²) in [6, 6.07) is 15.4. The lowest BCUT2D eigenvalue weighted by Crippen LogP contribution is -2.55. The number of nitrogens with one attached hydrogen (secondary N) is 2. The third-order valence-electron chi connectivity index (χ3n) is 6.51. The van der Waals surface area contributed by atoms with E-state index in [0.29, 0.717) is 22.4 Å². The number of aromatic nitrogens is 2. The number of halogens is 1. The molecule has 0 saturated carbocycles. The third kappa shape index (κ3) is 6.46. The fraction of sp³-hybridized carbons (Fsp3) is 0.323. The summed E-state index contributed by atoms with van der Waals surface area (Å²) in [5.41, 5.74) is 0.629. The van der Waals surface area contributed by atoms with E-state index in [1.807, 2.05) is 6.92 Å². The molecule has 1 atom stereocenters. The highest BCUT2D eigenvalue weighted by atomic mass is 32.2. The Labute approximate surface area is 245 Å². The van der Waals surface area contributed by atoms with Gasteiger partial charge in [0.05, 0.1) is 4.90 Å². The van der Waals surface area contributed by atoms with Gasteiger partial charge in [0.2, 0.25) is 5.91 Å². The number of hydrogen-bond acceptors (Lipinski definition) is 6. The van der Waals surface area contributed by atoms with E-state index in [1.54, 1.807) is 94.6 Å². The first-order valence-electron chi connectivity index (χ1n) is 13.4. The molecule has 0 unspecified atom stereocenters. The lowest BCUT2D eigenvalue weighted by molar-refractivity contribution is -0.121. The highest BCUT2D eigenvalue weighted by Gasteiger charge is 2.38. The zero-order chi connectivity index (χ0) is 31.0. The van der Waals surface area contributed by atoms with E-state index >= 15 is 0 Å². The smallest absolute Gasteiger partial charge is 0.408 e. The van der Waals surface area contributed by atoms with E-state index in [-0.39, 0.29) is 4.90 Å². The number of ether oxygens (including phenoxy) is 1. The molecule has 2 heterocycles. The second kappa shape index (κ2) is 11.2. The molecular formula is C31H35FN4O5S. The quantitative estimate of drug-likeness (QED) is 0.265. The number of aryl methyl sites for hydroxylation is 2. The summed E-state index contributed by atoms with van der Waals surface area (Å²) in [6.45, 7) is 11.0. The zero-order valence-corrected chi connectivity index (χ0v) is 25.5. The molecule has 0 aliphatic rings. The van der Waals surface area contributed by atoms with E-state index in [9.17, 15) is 22.4 Å². The molecule has 2 N–H and O–H groups in total. The van der Waals surface area contributed by atoms with E-state index in [4.69, 9.17) is 4.74 Å². The van der Waals surface area contributed by atoms with Crippen molar-refractivity contribution in [3.63, 3.8) is 0 Å². The number of nitrogens with zero attached hydrogens (tertiary/aromatic N) is 2. The number of alkyl halides is 1. The topological polar surface area (TPSA) is 119 Å². The second-order valence-electron chi connectivity index (χ2n) is 11.6. The van der Waals surface area contributed by atoms with Gasteiger partial charge in [-0.25, -0.2) is 26.6 Å². The number of carbonyl (C=O) groups excluding carboxylic acids is 2. The van der Waals surface area contributed by atoms with Crippen LogP contribution in [0, 0.1) is 13.8 Å². The molecule has 2 amide bonds. The molecule has 222 valence electrons.